The van der Waals surface area contributed by atoms with E-state index in [0.29, 0.717) is 5.56 Å². The van der Waals surface area contributed by atoms with Crippen LogP contribution < -0.4 is 0 Å². The molecule has 6 heteroatoms. The first kappa shape index (κ1) is 15.5. The molecule has 0 aliphatic heterocycles. The van der Waals surface area contributed by atoms with E-state index in [-0.39, 0.29) is 5.75 Å². The zero-order valence-electron chi connectivity index (χ0n) is 10.9. The highest BCUT2D eigenvalue weighted by Gasteiger charge is 2.30. The van der Waals surface area contributed by atoms with E-state index in [2.05, 4.69) is 0 Å². The van der Waals surface area contributed by atoms with Crippen LogP contribution in [0.1, 0.15) is 17.3 Å². The van der Waals surface area contributed by atoms with E-state index in [0.717, 1.165) is 10.8 Å². The van der Waals surface area contributed by atoms with Crippen molar-refractivity contribution in [2.24, 2.45) is 0 Å². The van der Waals surface area contributed by atoms with Crippen LogP contribution in [0.4, 0.5) is 0 Å². The lowest BCUT2D eigenvalue weighted by atomic mass is 10.2. The van der Waals surface area contributed by atoms with Crippen LogP contribution in [0.3, 0.4) is 0 Å². The molecule has 0 saturated heterocycles. The first-order chi connectivity index (χ1) is 9.11. The molecule has 1 N–H and O–H groups in total. The third-order valence-electron chi connectivity index (χ3n) is 2.47. The molecule has 1 amide bonds. The number of carboxylic acid groups (broad SMARTS) is 1. The number of carbonyl (C=O) groups excluding carboxylic acids is 1. The number of carboxylic acids is 1. The summed E-state index contributed by atoms with van der Waals surface area (Å²) in [6, 6.07) is 7.48. The van der Waals surface area contributed by atoms with Crippen molar-refractivity contribution in [1.82, 2.24) is 5.06 Å². The number of hydroxylamine groups is 2. The molecule has 5 nitrogen and oxygen atoms in total. The summed E-state index contributed by atoms with van der Waals surface area (Å²) in [5.41, 5.74) is 0.400. The zero-order chi connectivity index (χ0) is 14.3. The van der Waals surface area contributed by atoms with Crippen LogP contribution in [0.5, 0.6) is 0 Å². The maximum atomic E-state index is 12.2. The van der Waals surface area contributed by atoms with Crippen LogP contribution in [-0.4, -0.2) is 46.7 Å². The number of nitrogens with zero attached hydrogens (tertiary/aromatic N) is 1. The van der Waals surface area contributed by atoms with Gasteiger partial charge in [0.05, 0.1) is 7.11 Å². The minimum absolute atomic E-state index is 0.290. The van der Waals surface area contributed by atoms with Gasteiger partial charge < -0.3 is 5.11 Å². The summed E-state index contributed by atoms with van der Waals surface area (Å²) < 4.78 is 0. The normalized spacial score (nSPS) is 11.9. The number of carbonyl (C=O) groups is 2. The standard InChI is InChI=1S/C13H17NO4S/c1-3-19-9-11(13(16)17)14(18-2)12(15)10-7-5-4-6-8-10/h4-8,11H,3,9H2,1-2H3,(H,16,17)/t11-/m0/s1. The highest BCUT2D eigenvalue weighted by Crippen LogP contribution is 2.13. The molecule has 0 radical (unpaired) electrons. The molecule has 0 heterocycles. The summed E-state index contributed by atoms with van der Waals surface area (Å²) in [7, 11) is 1.30. The molecule has 1 atom stereocenters. The number of hydrogen-bond donors (Lipinski definition) is 1. The fourth-order valence-electron chi connectivity index (χ4n) is 1.53. The van der Waals surface area contributed by atoms with E-state index in [1.165, 1.54) is 18.9 Å². The van der Waals surface area contributed by atoms with Crippen LogP contribution in [0.25, 0.3) is 0 Å². The summed E-state index contributed by atoms with van der Waals surface area (Å²) in [6.07, 6.45) is 0. The van der Waals surface area contributed by atoms with E-state index < -0.39 is 17.9 Å². The second-order valence-electron chi connectivity index (χ2n) is 3.69. The number of rotatable bonds is 7. The van der Waals surface area contributed by atoms with Crippen LogP contribution >= 0.6 is 11.8 Å². The molecule has 1 rings (SSSR count). The molecule has 0 saturated carbocycles. The van der Waals surface area contributed by atoms with Crippen molar-refractivity contribution in [3.63, 3.8) is 0 Å². The lowest BCUT2D eigenvalue weighted by molar-refractivity contribution is -0.163. The lowest BCUT2D eigenvalue weighted by Gasteiger charge is -2.26. The van der Waals surface area contributed by atoms with Crippen LogP contribution in [0.2, 0.25) is 0 Å². The Morgan fingerprint density at radius 3 is 2.47 bits per heavy atom. The minimum Gasteiger partial charge on any atom is -0.480 e. The van der Waals surface area contributed by atoms with E-state index in [4.69, 9.17) is 4.84 Å². The topological polar surface area (TPSA) is 66.8 Å². The molecule has 0 unspecified atom stereocenters. The number of benzene rings is 1. The zero-order valence-corrected chi connectivity index (χ0v) is 11.7. The van der Waals surface area contributed by atoms with E-state index in [9.17, 15) is 14.7 Å². The Morgan fingerprint density at radius 1 is 1.37 bits per heavy atom. The van der Waals surface area contributed by atoms with Crippen LogP contribution in [0.15, 0.2) is 30.3 Å². The van der Waals surface area contributed by atoms with E-state index >= 15 is 0 Å². The van der Waals surface area contributed by atoms with Crippen molar-refractivity contribution in [3.05, 3.63) is 35.9 Å². The van der Waals surface area contributed by atoms with Gasteiger partial charge in [0, 0.05) is 11.3 Å². The van der Waals surface area contributed by atoms with Gasteiger partial charge in [-0.3, -0.25) is 9.63 Å². The highest BCUT2D eigenvalue weighted by atomic mass is 32.2. The molecule has 19 heavy (non-hydrogen) atoms. The average molecular weight is 283 g/mol. The quantitative estimate of drug-likeness (QED) is 0.774. The molecular formula is C13H17NO4S. The first-order valence-corrected chi connectivity index (χ1v) is 7.00. The molecule has 0 aromatic heterocycles. The monoisotopic (exact) mass is 283 g/mol. The molecule has 1 aromatic rings. The molecular weight excluding hydrogens is 266 g/mol. The Hall–Kier alpha value is -1.53. The van der Waals surface area contributed by atoms with Crippen molar-refractivity contribution < 1.29 is 19.5 Å². The highest BCUT2D eigenvalue weighted by molar-refractivity contribution is 7.99. The van der Waals surface area contributed by atoms with Crippen molar-refractivity contribution in [2.75, 3.05) is 18.6 Å². The summed E-state index contributed by atoms with van der Waals surface area (Å²) in [6.45, 7) is 1.93. The third kappa shape index (κ3) is 4.25. The fraction of sp³-hybridized carbons (Fsp3) is 0.385. The number of aliphatic carboxylic acids is 1. The van der Waals surface area contributed by atoms with Gasteiger partial charge in [0.25, 0.3) is 5.91 Å². The predicted octanol–water partition coefficient (Wildman–Crippen LogP) is 1.90. The Kier molecular flexibility index (Phi) is 6.38. The summed E-state index contributed by atoms with van der Waals surface area (Å²) in [4.78, 5) is 28.4. The number of hydrogen-bond acceptors (Lipinski definition) is 4. The Bertz CT molecular complexity index is 424. The Balaban J connectivity index is 2.90. The molecule has 0 fully saturated rings. The molecule has 0 aliphatic carbocycles. The maximum Gasteiger partial charge on any atom is 0.329 e. The smallest absolute Gasteiger partial charge is 0.329 e. The SMILES string of the molecule is CCSC[C@@H](C(=O)O)N(OC)C(=O)c1ccccc1. The van der Waals surface area contributed by atoms with Gasteiger partial charge in [-0.2, -0.15) is 11.8 Å². The predicted molar refractivity (Wildman–Crippen MR) is 74.0 cm³/mol. The van der Waals surface area contributed by atoms with Crippen molar-refractivity contribution in [3.8, 4) is 0 Å². The average Bonchev–Trinajstić information content (AvgIpc) is 2.43. The molecule has 104 valence electrons. The number of thioether (sulfide) groups is 1. The van der Waals surface area contributed by atoms with Crippen molar-refractivity contribution in [1.29, 1.82) is 0 Å². The van der Waals surface area contributed by atoms with Gasteiger partial charge in [-0.15, -0.1) is 0 Å². The lowest BCUT2D eigenvalue weighted by Crippen LogP contribution is -2.46. The summed E-state index contributed by atoms with van der Waals surface area (Å²) in [5.74, 6) is -0.460. The second-order valence-corrected chi connectivity index (χ2v) is 5.01. The molecule has 0 bridgehead atoms. The molecule has 0 spiro atoms. The van der Waals surface area contributed by atoms with Crippen LogP contribution in [0, 0.1) is 0 Å². The summed E-state index contributed by atoms with van der Waals surface area (Å²) >= 11 is 1.45. The van der Waals surface area contributed by atoms with Gasteiger partial charge in [0.1, 0.15) is 0 Å². The summed E-state index contributed by atoms with van der Waals surface area (Å²) in [5, 5.41) is 10.1. The van der Waals surface area contributed by atoms with Crippen molar-refractivity contribution >= 4 is 23.6 Å². The minimum atomic E-state index is -1.08. The van der Waals surface area contributed by atoms with E-state index in [1.807, 2.05) is 6.92 Å². The Morgan fingerprint density at radius 2 is 2.00 bits per heavy atom. The van der Waals surface area contributed by atoms with Gasteiger partial charge in [0.2, 0.25) is 0 Å². The Labute approximate surface area is 116 Å². The molecule has 1 aromatic carbocycles. The van der Waals surface area contributed by atoms with Gasteiger partial charge >= 0.3 is 5.97 Å². The van der Waals surface area contributed by atoms with Gasteiger partial charge in [0.15, 0.2) is 6.04 Å². The van der Waals surface area contributed by atoms with Crippen molar-refractivity contribution in [2.45, 2.75) is 13.0 Å². The maximum absolute atomic E-state index is 12.2. The third-order valence-corrected chi connectivity index (χ3v) is 3.43. The largest absolute Gasteiger partial charge is 0.480 e. The first-order valence-electron chi connectivity index (χ1n) is 5.85. The number of amides is 1. The van der Waals surface area contributed by atoms with Gasteiger partial charge in [-0.05, 0) is 17.9 Å². The second kappa shape index (κ2) is 7.81. The molecule has 0 aliphatic rings. The van der Waals surface area contributed by atoms with Crippen LogP contribution in [-0.2, 0) is 9.63 Å². The fourth-order valence-corrected chi connectivity index (χ4v) is 2.27. The van der Waals surface area contributed by atoms with E-state index in [1.54, 1.807) is 30.3 Å². The van der Waals surface area contributed by atoms with Gasteiger partial charge in [-0.1, -0.05) is 25.1 Å². The van der Waals surface area contributed by atoms with Gasteiger partial charge in [-0.25, -0.2) is 9.86 Å².